The molecule has 0 aliphatic rings. The summed E-state index contributed by atoms with van der Waals surface area (Å²) in [4.78, 5) is 4.39. The minimum absolute atomic E-state index is 0.0583. The molecule has 2 rings (SSSR count). The highest BCUT2D eigenvalue weighted by Gasteiger charge is 2.23. The Labute approximate surface area is 113 Å². The molecule has 1 atom stereocenters. The van der Waals surface area contributed by atoms with E-state index >= 15 is 0 Å². The zero-order valence-electron chi connectivity index (χ0n) is 11.2. The molecule has 1 N–H and O–H groups in total. The zero-order valence-corrected chi connectivity index (χ0v) is 12.0. The molecule has 1 unspecified atom stereocenters. The molecule has 2 nitrogen and oxygen atoms in total. The summed E-state index contributed by atoms with van der Waals surface area (Å²) in [7, 11) is 0. The fourth-order valence-corrected chi connectivity index (χ4v) is 2.65. The van der Waals surface area contributed by atoms with Crippen LogP contribution >= 0.6 is 11.3 Å². The van der Waals surface area contributed by atoms with Gasteiger partial charge in [0.2, 0.25) is 0 Å². The highest BCUT2D eigenvalue weighted by molar-refractivity contribution is 7.09. The Morgan fingerprint density at radius 1 is 1.28 bits per heavy atom. The van der Waals surface area contributed by atoms with Crippen molar-refractivity contribution in [2.24, 2.45) is 0 Å². The van der Waals surface area contributed by atoms with E-state index < -0.39 is 0 Å². The Hall–Kier alpha value is -1.19. The van der Waals surface area contributed by atoms with Gasteiger partial charge in [0.05, 0.1) is 5.54 Å². The van der Waals surface area contributed by atoms with Gasteiger partial charge in [-0.25, -0.2) is 4.98 Å². The van der Waals surface area contributed by atoms with Crippen molar-refractivity contribution in [2.45, 2.75) is 32.2 Å². The van der Waals surface area contributed by atoms with E-state index in [1.165, 1.54) is 5.56 Å². The van der Waals surface area contributed by atoms with E-state index in [4.69, 9.17) is 0 Å². The van der Waals surface area contributed by atoms with Gasteiger partial charge >= 0.3 is 0 Å². The van der Waals surface area contributed by atoms with E-state index in [9.17, 15) is 0 Å². The molecule has 1 aromatic heterocycles. The van der Waals surface area contributed by atoms with E-state index in [0.717, 1.165) is 11.6 Å². The lowest BCUT2D eigenvalue weighted by atomic mass is 9.99. The van der Waals surface area contributed by atoms with Crippen LogP contribution in [0.1, 0.15) is 37.3 Å². The van der Waals surface area contributed by atoms with Gasteiger partial charge in [-0.2, -0.15) is 0 Å². The van der Waals surface area contributed by atoms with Crippen LogP contribution in [-0.2, 0) is 5.54 Å². The summed E-state index contributed by atoms with van der Waals surface area (Å²) in [5.74, 6) is 0.505. The second-order valence-electron chi connectivity index (χ2n) is 5.15. The van der Waals surface area contributed by atoms with E-state index in [-0.39, 0.29) is 5.54 Å². The van der Waals surface area contributed by atoms with Crippen LogP contribution in [0.2, 0.25) is 0 Å². The Morgan fingerprint density at radius 2 is 2.00 bits per heavy atom. The zero-order chi connectivity index (χ0) is 13.0. The first kappa shape index (κ1) is 13.2. The molecule has 0 aliphatic heterocycles. The molecule has 0 amide bonds. The van der Waals surface area contributed by atoms with Crippen molar-refractivity contribution in [3.63, 3.8) is 0 Å². The van der Waals surface area contributed by atoms with E-state index in [1.54, 1.807) is 11.3 Å². The predicted molar refractivity (Wildman–Crippen MR) is 78.0 cm³/mol. The van der Waals surface area contributed by atoms with Crippen LogP contribution in [0.3, 0.4) is 0 Å². The maximum Gasteiger partial charge on any atom is 0.112 e. The van der Waals surface area contributed by atoms with E-state index in [1.807, 2.05) is 11.6 Å². The molecule has 1 heterocycles. The topological polar surface area (TPSA) is 24.9 Å². The normalized spacial score (nSPS) is 13.5. The molecule has 1 aromatic carbocycles. The summed E-state index contributed by atoms with van der Waals surface area (Å²) in [6, 6.07) is 10.6. The number of thiazole rings is 1. The van der Waals surface area contributed by atoms with Crippen LogP contribution in [0, 0.1) is 0 Å². The van der Waals surface area contributed by atoms with Gasteiger partial charge in [0, 0.05) is 18.1 Å². The van der Waals surface area contributed by atoms with Crippen molar-refractivity contribution in [1.29, 1.82) is 0 Å². The quantitative estimate of drug-likeness (QED) is 0.885. The van der Waals surface area contributed by atoms with Crippen LogP contribution in [0.25, 0.3) is 0 Å². The highest BCUT2D eigenvalue weighted by Crippen LogP contribution is 2.23. The van der Waals surface area contributed by atoms with Gasteiger partial charge in [-0.3, -0.25) is 0 Å². The summed E-state index contributed by atoms with van der Waals surface area (Å²) in [5.41, 5.74) is 1.32. The Morgan fingerprint density at radius 3 is 2.61 bits per heavy atom. The fraction of sp³-hybridized carbons (Fsp3) is 0.400. The molecular formula is C15H20N2S. The van der Waals surface area contributed by atoms with Gasteiger partial charge in [0.1, 0.15) is 5.01 Å². The maximum absolute atomic E-state index is 4.39. The predicted octanol–water partition coefficient (Wildman–Crippen LogP) is 3.77. The number of nitrogens with one attached hydrogen (secondary N) is 1. The second kappa shape index (κ2) is 5.63. The van der Waals surface area contributed by atoms with Crippen LogP contribution in [-0.4, -0.2) is 11.5 Å². The summed E-state index contributed by atoms with van der Waals surface area (Å²) < 4.78 is 0. The summed E-state index contributed by atoms with van der Waals surface area (Å²) >= 11 is 1.70. The molecule has 18 heavy (non-hydrogen) atoms. The molecule has 0 radical (unpaired) electrons. The van der Waals surface area contributed by atoms with Gasteiger partial charge in [-0.15, -0.1) is 11.3 Å². The minimum atomic E-state index is -0.0583. The van der Waals surface area contributed by atoms with E-state index in [0.29, 0.717) is 5.92 Å². The van der Waals surface area contributed by atoms with Crippen molar-refractivity contribution in [1.82, 2.24) is 10.3 Å². The molecule has 0 aliphatic carbocycles. The number of rotatable bonds is 5. The Balaban J connectivity index is 1.96. The van der Waals surface area contributed by atoms with Gasteiger partial charge in [0.25, 0.3) is 0 Å². The lowest BCUT2D eigenvalue weighted by Crippen LogP contribution is -2.38. The first-order valence-corrected chi connectivity index (χ1v) is 7.17. The summed E-state index contributed by atoms with van der Waals surface area (Å²) in [6.45, 7) is 7.57. The summed E-state index contributed by atoms with van der Waals surface area (Å²) in [5, 5.41) is 6.78. The third-order valence-corrected chi connectivity index (χ3v) is 4.28. The summed E-state index contributed by atoms with van der Waals surface area (Å²) in [6.07, 6.45) is 1.87. The van der Waals surface area contributed by atoms with Crippen LogP contribution < -0.4 is 5.32 Å². The van der Waals surface area contributed by atoms with Crippen LogP contribution in [0.15, 0.2) is 41.9 Å². The molecule has 0 spiro atoms. The first-order chi connectivity index (χ1) is 8.59. The van der Waals surface area contributed by atoms with Crippen molar-refractivity contribution in [2.75, 3.05) is 6.54 Å². The molecule has 2 aromatic rings. The average Bonchev–Trinajstić information content (AvgIpc) is 2.92. The number of hydrogen-bond acceptors (Lipinski definition) is 3. The SMILES string of the molecule is CC(CNC(C)(C)c1nccs1)c1ccccc1. The number of hydrogen-bond donors (Lipinski definition) is 1. The highest BCUT2D eigenvalue weighted by atomic mass is 32.1. The lowest BCUT2D eigenvalue weighted by molar-refractivity contribution is 0.389. The third-order valence-electron chi connectivity index (χ3n) is 3.19. The maximum atomic E-state index is 4.39. The third kappa shape index (κ3) is 3.18. The van der Waals surface area contributed by atoms with Crippen LogP contribution in [0.5, 0.6) is 0 Å². The van der Waals surface area contributed by atoms with Gasteiger partial charge < -0.3 is 5.32 Å². The average molecular weight is 260 g/mol. The van der Waals surface area contributed by atoms with Gasteiger partial charge in [-0.05, 0) is 25.3 Å². The first-order valence-electron chi connectivity index (χ1n) is 6.29. The number of aromatic nitrogens is 1. The standard InChI is InChI=1S/C15H20N2S/c1-12(13-7-5-4-6-8-13)11-17-15(2,3)14-16-9-10-18-14/h4-10,12,17H,11H2,1-3H3. The molecular weight excluding hydrogens is 240 g/mol. The lowest BCUT2D eigenvalue weighted by Gasteiger charge is -2.26. The second-order valence-corrected chi connectivity index (χ2v) is 6.05. The number of nitrogens with zero attached hydrogens (tertiary/aromatic N) is 1. The Kier molecular flexibility index (Phi) is 4.15. The number of benzene rings is 1. The van der Waals surface area contributed by atoms with Crippen molar-refractivity contribution >= 4 is 11.3 Å². The molecule has 0 saturated heterocycles. The van der Waals surface area contributed by atoms with Crippen molar-refractivity contribution in [3.8, 4) is 0 Å². The molecule has 0 bridgehead atoms. The van der Waals surface area contributed by atoms with Crippen LogP contribution in [0.4, 0.5) is 0 Å². The molecule has 0 saturated carbocycles. The minimum Gasteiger partial charge on any atom is -0.305 e. The molecule has 3 heteroatoms. The molecule has 96 valence electrons. The van der Waals surface area contributed by atoms with E-state index in [2.05, 4.69) is 61.4 Å². The largest absolute Gasteiger partial charge is 0.305 e. The smallest absolute Gasteiger partial charge is 0.112 e. The molecule has 0 fully saturated rings. The van der Waals surface area contributed by atoms with Crippen molar-refractivity contribution < 1.29 is 0 Å². The monoisotopic (exact) mass is 260 g/mol. The van der Waals surface area contributed by atoms with Crippen molar-refractivity contribution in [3.05, 3.63) is 52.5 Å². The van der Waals surface area contributed by atoms with Gasteiger partial charge in [0.15, 0.2) is 0 Å². The van der Waals surface area contributed by atoms with Gasteiger partial charge in [-0.1, -0.05) is 37.3 Å². The Bertz CT molecular complexity index is 463. The fourth-order valence-electron chi connectivity index (χ4n) is 1.92.